The van der Waals surface area contributed by atoms with Gasteiger partial charge < -0.3 is 15.0 Å². The summed E-state index contributed by atoms with van der Waals surface area (Å²) in [6.45, 7) is 7.50. The molecular weight excluding hydrogens is 406 g/mol. The van der Waals surface area contributed by atoms with Crippen LogP contribution in [0.5, 0.6) is 0 Å². The van der Waals surface area contributed by atoms with E-state index >= 15 is 0 Å². The largest absolute Gasteiger partial charge is 0.466 e. The fraction of sp³-hybridized carbons (Fsp3) is 0.400. The van der Waals surface area contributed by atoms with Crippen LogP contribution in [-0.4, -0.2) is 43.5 Å². The second kappa shape index (κ2) is 7.97. The van der Waals surface area contributed by atoms with Gasteiger partial charge in [0.15, 0.2) is 0 Å². The first-order chi connectivity index (χ1) is 15.5. The zero-order valence-electron chi connectivity index (χ0n) is 18.2. The summed E-state index contributed by atoms with van der Waals surface area (Å²) < 4.78 is 5.25. The topological polar surface area (TPSA) is 79.0 Å². The van der Waals surface area contributed by atoms with E-state index in [-0.39, 0.29) is 23.7 Å². The van der Waals surface area contributed by atoms with Gasteiger partial charge in [0, 0.05) is 35.2 Å². The van der Waals surface area contributed by atoms with Crippen LogP contribution in [-0.2, 0) is 14.3 Å². The SMILES string of the molecule is C=C1CCC(N2C(=O)c3ccc(N4CCCC(C(=O)OCC)C4)c4cccc2c34)C(=O)N1. The van der Waals surface area contributed by atoms with Gasteiger partial charge in [0.05, 0.1) is 23.8 Å². The number of rotatable bonds is 4. The number of hydrogen-bond acceptors (Lipinski definition) is 5. The molecule has 2 fully saturated rings. The predicted octanol–water partition coefficient (Wildman–Crippen LogP) is 3.37. The van der Waals surface area contributed by atoms with Crippen molar-refractivity contribution in [3.8, 4) is 0 Å². The molecule has 0 aromatic heterocycles. The Bertz CT molecular complexity index is 1140. The van der Waals surface area contributed by atoms with E-state index in [0.29, 0.717) is 37.3 Å². The van der Waals surface area contributed by atoms with Gasteiger partial charge in [-0.15, -0.1) is 0 Å². The summed E-state index contributed by atoms with van der Waals surface area (Å²) in [6, 6.07) is 9.15. The maximum atomic E-state index is 13.4. The molecule has 2 aromatic carbocycles. The molecule has 0 aliphatic carbocycles. The van der Waals surface area contributed by atoms with Gasteiger partial charge in [-0.3, -0.25) is 19.3 Å². The smallest absolute Gasteiger partial charge is 0.310 e. The second-order valence-electron chi connectivity index (χ2n) is 8.69. The highest BCUT2D eigenvalue weighted by atomic mass is 16.5. The van der Waals surface area contributed by atoms with Crippen LogP contribution in [0.4, 0.5) is 11.4 Å². The Morgan fingerprint density at radius 3 is 2.81 bits per heavy atom. The van der Waals surface area contributed by atoms with E-state index in [9.17, 15) is 14.4 Å². The summed E-state index contributed by atoms with van der Waals surface area (Å²) in [6.07, 6.45) is 2.94. The second-order valence-corrected chi connectivity index (χ2v) is 8.69. The Hall–Kier alpha value is -3.35. The molecule has 32 heavy (non-hydrogen) atoms. The van der Waals surface area contributed by atoms with Crippen LogP contribution < -0.4 is 15.1 Å². The minimum atomic E-state index is -0.544. The molecule has 0 saturated carbocycles. The Morgan fingerprint density at radius 1 is 1.19 bits per heavy atom. The number of carbonyl (C=O) groups excluding carboxylic acids is 3. The van der Waals surface area contributed by atoms with Gasteiger partial charge in [0.2, 0.25) is 5.91 Å². The summed E-state index contributed by atoms with van der Waals surface area (Å²) in [4.78, 5) is 42.2. The standard InChI is InChI=1S/C25H27N3O4/c1-3-32-25(31)16-6-5-13-27(14-16)19-12-10-18-22-17(19)7-4-8-20(22)28(24(18)30)21-11-9-15(2)26-23(21)29/h4,7-8,10,12,16,21H,2-3,5-6,9,11,13-14H2,1H3,(H,26,29). The number of allylic oxidation sites excluding steroid dienone is 1. The number of nitrogens with zero attached hydrogens (tertiary/aromatic N) is 2. The number of amides is 2. The van der Waals surface area contributed by atoms with E-state index in [0.717, 1.165) is 41.5 Å². The highest BCUT2D eigenvalue weighted by molar-refractivity contribution is 6.28. The summed E-state index contributed by atoms with van der Waals surface area (Å²) in [5.41, 5.74) is 3.10. The Labute approximate surface area is 187 Å². The lowest BCUT2D eigenvalue weighted by Crippen LogP contribution is -2.51. The van der Waals surface area contributed by atoms with Crippen LogP contribution >= 0.6 is 0 Å². The molecule has 0 bridgehead atoms. The summed E-state index contributed by atoms with van der Waals surface area (Å²) in [5.74, 6) is -0.621. The molecule has 166 valence electrons. The third-order valence-electron chi connectivity index (χ3n) is 6.72. The first-order valence-electron chi connectivity index (χ1n) is 11.3. The molecule has 7 heteroatoms. The van der Waals surface area contributed by atoms with Crippen LogP contribution in [0.15, 0.2) is 42.6 Å². The maximum Gasteiger partial charge on any atom is 0.310 e. The Kier molecular flexibility index (Phi) is 5.12. The van der Waals surface area contributed by atoms with E-state index in [1.54, 1.807) is 4.90 Å². The molecule has 2 saturated heterocycles. The van der Waals surface area contributed by atoms with Gasteiger partial charge in [-0.25, -0.2) is 0 Å². The van der Waals surface area contributed by atoms with Gasteiger partial charge in [-0.2, -0.15) is 0 Å². The molecule has 7 nitrogen and oxygen atoms in total. The van der Waals surface area contributed by atoms with Crippen molar-refractivity contribution in [1.82, 2.24) is 5.32 Å². The quantitative estimate of drug-likeness (QED) is 0.748. The first-order valence-corrected chi connectivity index (χ1v) is 11.3. The molecule has 5 rings (SSSR count). The summed E-state index contributed by atoms with van der Waals surface area (Å²) in [5, 5.41) is 4.65. The van der Waals surface area contributed by atoms with Crippen molar-refractivity contribution in [2.24, 2.45) is 5.92 Å². The molecule has 3 aliphatic rings. The minimum Gasteiger partial charge on any atom is -0.466 e. The van der Waals surface area contributed by atoms with E-state index in [2.05, 4.69) is 16.8 Å². The van der Waals surface area contributed by atoms with Crippen molar-refractivity contribution in [2.75, 3.05) is 29.5 Å². The normalized spacial score (nSPS) is 23.0. The molecule has 2 amide bonds. The van der Waals surface area contributed by atoms with E-state index in [4.69, 9.17) is 4.74 Å². The molecule has 2 unspecified atom stereocenters. The summed E-state index contributed by atoms with van der Waals surface area (Å²) >= 11 is 0. The lowest BCUT2D eigenvalue weighted by molar-refractivity contribution is -0.148. The Morgan fingerprint density at radius 2 is 2.03 bits per heavy atom. The number of benzene rings is 2. The van der Waals surface area contributed by atoms with Gasteiger partial charge in [-0.1, -0.05) is 18.7 Å². The van der Waals surface area contributed by atoms with Crippen molar-refractivity contribution in [1.29, 1.82) is 0 Å². The minimum absolute atomic E-state index is 0.140. The van der Waals surface area contributed by atoms with Gasteiger partial charge in [-0.05, 0) is 50.8 Å². The van der Waals surface area contributed by atoms with Crippen molar-refractivity contribution >= 4 is 39.9 Å². The van der Waals surface area contributed by atoms with Crippen LogP contribution in [0.1, 0.15) is 43.0 Å². The summed E-state index contributed by atoms with van der Waals surface area (Å²) in [7, 11) is 0. The number of esters is 1. The molecule has 2 aromatic rings. The third-order valence-corrected chi connectivity index (χ3v) is 6.72. The molecule has 1 N–H and O–H groups in total. The van der Waals surface area contributed by atoms with E-state index < -0.39 is 6.04 Å². The highest BCUT2D eigenvalue weighted by Gasteiger charge is 2.40. The molecule has 0 spiro atoms. The van der Waals surface area contributed by atoms with Crippen LogP contribution in [0.3, 0.4) is 0 Å². The number of nitrogens with one attached hydrogen (secondary N) is 1. The molecule has 3 heterocycles. The average molecular weight is 434 g/mol. The fourth-order valence-corrected chi connectivity index (χ4v) is 5.23. The fourth-order valence-electron chi connectivity index (χ4n) is 5.23. The van der Waals surface area contributed by atoms with Gasteiger partial charge in [0.1, 0.15) is 6.04 Å². The highest BCUT2D eigenvalue weighted by Crippen LogP contribution is 2.43. The number of ether oxygens (including phenoxy) is 1. The Balaban J connectivity index is 1.52. The molecule has 3 aliphatic heterocycles. The zero-order chi connectivity index (χ0) is 22.4. The van der Waals surface area contributed by atoms with Crippen LogP contribution in [0.2, 0.25) is 0 Å². The van der Waals surface area contributed by atoms with Crippen LogP contribution in [0.25, 0.3) is 10.8 Å². The predicted molar refractivity (Wildman–Crippen MR) is 123 cm³/mol. The zero-order valence-corrected chi connectivity index (χ0v) is 18.2. The average Bonchev–Trinajstić information content (AvgIpc) is 3.08. The number of piperidine rings is 2. The van der Waals surface area contributed by atoms with Gasteiger partial charge in [0.25, 0.3) is 5.91 Å². The maximum absolute atomic E-state index is 13.4. The number of anilines is 2. The van der Waals surface area contributed by atoms with Gasteiger partial charge >= 0.3 is 5.97 Å². The first kappa shape index (κ1) is 20.5. The number of hydrogen-bond donors (Lipinski definition) is 1. The molecular formula is C25H27N3O4. The number of carbonyl (C=O) groups is 3. The van der Waals surface area contributed by atoms with Crippen molar-refractivity contribution in [3.05, 3.63) is 48.2 Å². The lowest BCUT2D eigenvalue weighted by Gasteiger charge is -2.34. The van der Waals surface area contributed by atoms with Crippen molar-refractivity contribution in [2.45, 2.75) is 38.6 Å². The van der Waals surface area contributed by atoms with E-state index in [1.165, 1.54) is 0 Å². The lowest BCUT2D eigenvalue weighted by atomic mass is 9.96. The van der Waals surface area contributed by atoms with Crippen molar-refractivity contribution in [3.63, 3.8) is 0 Å². The van der Waals surface area contributed by atoms with Crippen LogP contribution in [0, 0.1) is 5.92 Å². The molecule has 2 atom stereocenters. The van der Waals surface area contributed by atoms with E-state index in [1.807, 2.05) is 37.3 Å². The third kappa shape index (κ3) is 3.23. The van der Waals surface area contributed by atoms with Crippen molar-refractivity contribution < 1.29 is 19.1 Å². The monoisotopic (exact) mass is 433 g/mol. The molecule has 0 radical (unpaired) electrons.